The molecule has 2 aromatic heterocycles. The van der Waals surface area contributed by atoms with Crippen LogP contribution in [0.4, 0.5) is 10.3 Å². The zero-order valence-electron chi connectivity index (χ0n) is 21.3. The fraction of sp³-hybridized carbons (Fsp3) is 0.333. The van der Waals surface area contributed by atoms with Gasteiger partial charge in [-0.05, 0) is 67.4 Å². The fourth-order valence-corrected chi connectivity index (χ4v) is 5.11. The second-order valence-electron chi connectivity index (χ2n) is 10.1. The molecule has 0 amide bonds. The van der Waals surface area contributed by atoms with Gasteiger partial charge in [-0.25, -0.2) is 19.3 Å². The second-order valence-corrected chi connectivity index (χ2v) is 10.1. The Balaban J connectivity index is 1.31. The Labute approximate surface area is 220 Å². The van der Waals surface area contributed by atoms with Crippen LogP contribution in [0.25, 0.3) is 22.0 Å². The molecule has 2 N–H and O–H groups in total. The summed E-state index contributed by atoms with van der Waals surface area (Å²) in [5.74, 6) is 1.19. The number of fused-ring (bicyclic) bond motifs is 1. The lowest BCUT2D eigenvalue weighted by Gasteiger charge is -2.23. The van der Waals surface area contributed by atoms with Crippen LogP contribution in [0, 0.1) is 12.8 Å². The van der Waals surface area contributed by atoms with E-state index in [1.165, 1.54) is 0 Å². The van der Waals surface area contributed by atoms with Gasteiger partial charge in [0.15, 0.2) is 0 Å². The molecule has 7 nitrogen and oxygen atoms in total. The number of ketones is 1. The van der Waals surface area contributed by atoms with Crippen LogP contribution in [0.3, 0.4) is 0 Å². The highest BCUT2D eigenvalue weighted by molar-refractivity contribution is 5.96. The van der Waals surface area contributed by atoms with Crippen LogP contribution in [-0.4, -0.2) is 46.0 Å². The van der Waals surface area contributed by atoms with Gasteiger partial charge in [-0.15, -0.1) is 0 Å². The van der Waals surface area contributed by atoms with Crippen LogP contribution < -0.4 is 15.4 Å². The summed E-state index contributed by atoms with van der Waals surface area (Å²) in [7, 11) is 0. The molecule has 6 rings (SSSR count). The van der Waals surface area contributed by atoms with E-state index < -0.39 is 12.1 Å². The third-order valence-corrected chi connectivity index (χ3v) is 7.32. The lowest BCUT2D eigenvalue weighted by Crippen LogP contribution is -2.38. The Morgan fingerprint density at radius 3 is 2.82 bits per heavy atom. The van der Waals surface area contributed by atoms with Gasteiger partial charge in [0.05, 0.1) is 17.2 Å². The van der Waals surface area contributed by atoms with E-state index in [1.54, 1.807) is 12.4 Å². The maximum atomic E-state index is 13.5. The van der Waals surface area contributed by atoms with Gasteiger partial charge in [-0.2, -0.15) is 0 Å². The van der Waals surface area contributed by atoms with Crippen molar-refractivity contribution in [1.82, 2.24) is 20.3 Å². The smallest absolute Gasteiger partial charge is 0.228 e. The second kappa shape index (κ2) is 10.5. The van der Waals surface area contributed by atoms with Crippen LogP contribution in [-0.2, 0) is 11.2 Å². The summed E-state index contributed by atoms with van der Waals surface area (Å²) in [6, 6.07) is 15.7. The van der Waals surface area contributed by atoms with Crippen LogP contribution in [0.2, 0.25) is 0 Å². The van der Waals surface area contributed by atoms with E-state index in [9.17, 15) is 9.18 Å². The van der Waals surface area contributed by atoms with Gasteiger partial charge in [-0.3, -0.25) is 4.79 Å². The normalized spacial score (nSPS) is 20.7. The van der Waals surface area contributed by atoms with Gasteiger partial charge in [0.2, 0.25) is 11.8 Å². The number of anilines is 1. The highest BCUT2D eigenvalue weighted by atomic mass is 19.1. The Kier molecular flexibility index (Phi) is 6.72. The number of piperidine rings is 1. The SMILES string of the molecule is Cc1ccc2c(CC(=O)[C@@H]3C[C@H]3F)cccc2c1Oc1ncccc1-c1ccnc(N[C@H]2CCCNC2)n1. The summed E-state index contributed by atoms with van der Waals surface area (Å²) >= 11 is 0. The largest absolute Gasteiger partial charge is 0.437 e. The molecule has 0 radical (unpaired) electrons. The van der Waals surface area contributed by atoms with E-state index in [1.807, 2.05) is 55.5 Å². The number of carbonyl (C=O) groups is 1. The molecule has 0 bridgehead atoms. The third kappa shape index (κ3) is 5.09. The number of alkyl halides is 1. The molecule has 2 aliphatic rings. The standard InChI is InChI=1S/C30H30FN5O2/c1-18-9-10-21-19(15-27(37)24-16-25(24)31)5-2-7-22(21)28(18)38-29-23(8-4-13-33-29)26-11-14-34-30(36-26)35-20-6-3-12-32-17-20/h2,4-5,7-11,13-14,20,24-25,32H,3,6,12,15-17H2,1H3,(H,34,35,36)/t20-,24+,25+/m0/s1. The first kappa shape index (κ1) is 24.4. The van der Waals surface area contributed by atoms with Crippen molar-refractivity contribution in [2.75, 3.05) is 18.4 Å². The zero-order valence-corrected chi connectivity index (χ0v) is 21.3. The van der Waals surface area contributed by atoms with Crippen molar-refractivity contribution >= 4 is 22.5 Å². The van der Waals surface area contributed by atoms with E-state index in [0.29, 0.717) is 35.7 Å². The number of benzene rings is 2. The molecule has 2 aromatic carbocycles. The minimum atomic E-state index is -0.988. The molecule has 1 saturated carbocycles. The van der Waals surface area contributed by atoms with Gasteiger partial charge in [0.1, 0.15) is 17.7 Å². The quantitative estimate of drug-likeness (QED) is 0.326. The van der Waals surface area contributed by atoms with Crippen molar-refractivity contribution in [1.29, 1.82) is 0 Å². The van der Waals surface area contributed by atoms with Crippen molar-refractivity contribution in [2.24, 2.45) is 5.92 Å². The van der Waals surface area contributed by atoms with E-state index in [0.717, 1.165) is 53.4 Å². The minimum absolute atomic E-state index is 0.0442. The maximum absolute atomic E-state index is 13.5. The lowest BCUT2D eigenvalue weighted by atomic mass is 9.97. The number of pyridine rings is 1. The molecule has 0 unspecified atom stereocenters. The summed E-state index contributed by atoms with van der Waals surface area (Å²) in [6.07, 6.45) is 5.20. The number of aryl methyl sites for hydroxylation is 1. The summed E-state index contributed by atoms with van der Waals surface area (Å²) in [4.78, 5) is 26.3. The van der Waals surface area contributed by atoms with Crippen molar-refractivity contribution < 1.29 is 13.9 Å². The molecule has 3 heterocycles. The van der Waals surface area contributed by atoms with Crippen molar-refractivity contribution in [3.63, 3.8) is 0 Å². The molecule has 38 heavy (non-hydrogen) atoms. The molecule has 0 spiro atoms. The van der Waals surface area contributed by atoms with Gasteiger partial charge < -0.3 is 15.4 Å². The number of hydrogen-bond donors (Lipinski definition) is 2. The topological polar surface area (TPSA) is 89.0 Å². The van der Waals surface area contributed by atoms with Crippen LogP contribution in [0.1, 0.15) is 30.4 Å². The van der Waals surface area contributed by atoms with E-state index >= 15 is 0 Å². The average molecular weight is 512 g/mol. The van der Waals surface area contributed by atoms with E-state index in [-0.39, 0.29) is 12.2 Å². The predicted octanol–water partition coefficient (Wildman–Crippen LogP) is 5.43. The van der Waals surface area contributed by atoms with Crippen molar-refractivity contribution in [3.8, 4) is 22.9 Å². The monoisotopic (exact) mass is 511 g/mol. The predicted molar refractivity (Wildman–Crippen MR) is 145 cm³/mol. The highest BCUT2D eigenvalue weighted by Crippen LogP contribution is 2.39. The fourth-order valence-electron chi connectivity index (χ4n) is 5.11. The van der Waals surface area contributed by atoms with E-state index in [2.05, 4.69) is 20.6 Å². The molecule has 1 aliphatic heterocycles. The number of aromatic nitrogens is 3. The third-order valence-electron chi connectivity index (χ3n) is 7.32. The molecule has 4 aromatic rings. The van der Waals surface area contributed by atoms with Crippen molar-refractivity contribution in [3.05, 3.63) is 72.1 Å². The molecule has 8 heteroatoms. The molecular weight excluding hydrogens is 481 g/mol. The maximum Gasteiger partial charge on any atom is 0.228 e. The summed E-state index contributed by atoms with van der Waals surface area (Å²) < 4.78 is 19.9. The Bertz CT molecular complexity index is 1490. The van der Waals surface area contributed by atoms with Crippen LogP contribution in [0.5, 0.6) is 11.6 Å². The number of nitrogens with one attached hydrogen (secondary N) is 2. The number of carbonyl (C=O) groups excluding carboxylic acids is 1. The van der Waals surface area contributed by atoms with Crippen LogP contribution in [0.15, 0.2) is 60.9 Å². The van der Waals surface area contributed by atoms with Crippen LogP contribution >= 0.6 is 0 Å². The molecule has 1 saturated heterocycles. The average Bonchev–Trinajstić information content (AvgIpc) is 3.68. The number of Topliss-reactive ketones (excluding diaryl/α,β-unsaturated/α-hetero) is 1. The van der Waals surface area contributed by atoms with Crippen molar-refractivity contribution in [2.45, 2.75) is 44.8 Å². The number of hydrogen-bond acceptors (Lipinski definition) is 7. The summed E-state index contributed by atoms with van der Waals surface area (Å²) in [5.41, 5.74) is 3.29. The molecule has 1 aliphatic carbocycles. The van der Waals surface area contributed by atoms with Gasteiger partial charge in [0, 0.05) is 36.8 Å². The minimum Gasteiger partial charge on any atom is -0.437 e. The Hall–Kier alpha value is -3.91. The molecule has 2 fully saturated rings. The summed E-state index contributed by atoms with van der Waals surface area (Å²) in [5, 5.41) is 8.64. The number of rotatable bonds is 8. The molecule has 194 valence electrons. The molecular formula is C30H30FN5O2. The first-order valence-corrected chi connectivity index (χ1v) is 13.2. The van der Waals surface area contributed by atoms with Gasteiger partial charge in [-0.1, -0.05) is 30.3 Å². The lowest BCUT2D eigenvalue weighted by molar-refractivity contribution is -0.119. The summed E-state index contributed by atoms with van der Waals surface area (Å²) in [6.45, 7) is 3.91. The van der Waals surface area contributed by atoms with Gasteiger partial charge >= 0.3 is 0 Å². The Morgan fingerprint density at radius 1 is 1.11 bits per heavy atom. The van der Waals surface area contributed by atoms with Gasteiger partial charge in [0.25, 0.3) is 0 Å². The number of nitrogens with zero attached hydrogens (tertiary/aromatic N) is 3. The highest BCUT2D eigenvalue weighted by Gasteiger charge is 2.43. The number of ether oxygens (including phenoxy) is 1. The zero-order chi connectivity index (χ0) is 26.1. The number of halogens is 1. The van der Waals surface area contributed by atoms with E-state index in [4.69, 9.17) is 9.72 Å². The molecule has 3 atom stereocenters. The Morgan fingerprint density at radius 2 is 2.00 bits per heavy atom. The first-order chi connectivity index (χ1) is 18.6. The first-order valence-electron chi connectivity index (χ1n) is 13.2.